The molecule has 1 N–H and O–H groups in total. The maximum atomic E-state index is 12.7. The lowest BCUT2D eigenvalue weighted by molar-refractivity contribution is -0.113. The van der Waals surface area contributed by atoms with Gasteiger partial charge in [-0.25, -0.2) is 8.42 Å². The van der Waals surface area contributed by atoms with E-state index in [2.05, 4.69) is 25.7 Å². The summed E-state index contributed by atoms with van der Waals surface area (Å²) in [4.78, 5) is 14.8. The standard InChI is InChI=1S/C21H25N7O3S2/c1-16-7-3-5-9-18(16)28-21(23-24-25-28)32-15-20(29)22-17-8-4-6-10-19(17)26-11-13-27(14-12-26)33(2,30)31/h3-10H,11-15H2,1-2H3,(H,22,29). The van der Waals surface area contributed by atoms with Gasteiger partial charge in [-0.05, 0) is 41.1 Å². The summed E-state index contributed by atoms with van der Waals surface area (Å²) >= 11 is 1.26. The third kappa shape index (κ3) is 5.52. The Bertz CT molecular complexity index is 1240. The fraction of sp³-hybridized carbons (Fsp3) is 0.333. The van der Waals surface area contributed by atoms with Gasteiger partial charge in [0.1, 0.15) is 0 Å². The molecule has 1 aliphatic heterocycles. The molecule has 0 unspecified atom stereocenters. The molecule has 174 valence electrons. The molecule has 0 saturated carbocycles. The molecule has 33 heavy (non-hydrogen) atoms. The maximum absolute atomic E-state index is 12.7. The second-order valence-corrected chi connectivity index (χ2v) is 10.6. The molecule has 0 atom stereocenters. The van der Waals surface area contributed by atoms with Crippen molar-refractivity contribution in [2.45, 2.75) is 12.1 Å². The number of anilines is 2. The molecule has 0 aliphatic carbocycles. The normalized spacial score (nSPS) is 14.9. The molecule has 1 aromatic heterocycles. The average molecular weight is 488 g/mol. The zero-order valence-corrected chi connectivity index (χ0v) is 20.0. The second-order valence-electron chi connectivity index (χ2n) is 7.66. The number of aryl methyl sites for hydroxylation is 1. The van der Waals surface area contributed by atoms with E-state index in [1.54, 1.807) is 4.68 Å². The number of hydrogen-bond acceptors (Lipinski definition) is 8. The molecular formula is C21H25N7O3S2. The minimum atomic E-state index is -3.20. The molecule has 2 aromatic carbocycles. The van der Waals surface area contributed by atoms with Crippen molar-refractivity contribution in [2.75, 3.05) is 48.4 Å². The van der Waals surface area contributed by atoms with Crippen molar-refractivity contribution in [3.63, 3.8) is 0 Å². The van der Waals surface area contributed by atoms with Crippen LogP contribution in [0, 0.1) is 6.92 Å². The summed E-state index contributed by atoms with van der Waals surface area (Å²) in [7, 11) is -3.20. The Kier molecular flexibility index (Phi) is 6.96. The van der Waals surface area contributed by atoms with Crippen molar-refractivity contribution in [2.24, 2.45) is 0 Å². The van der Waals surface area contributed by atoms with Gasteiger partial charge in [0.2, 0.25) is 21.1 Å². The number of benzene rings is 2. The highest BCUT2D eigenvalue weighted by Crippen LogP contribution is 2.28. The summed E-state index contributed by atoms with van der Waals surface area (Å²) in [5.41, 5.74) is 3.45. The van der Waals surface area contributed by atoms with Crippen LogP contribution in [0.2, 0.25) is 0 Å². The summed E-state index contributed by atoms with van der Waals surface area (Å²) in [6.07, 6.45) is 1.23. The van der Waals surface area contributed by atoms with Crippen LogP contribution in [0.25, 0.3) is 5.69 Å². The Morgan fingerprint density at radius 1 is 1.03 bits per heavy atom. The van der Waals surface area contributed by atoms with E-state index in [0.717, 1.165) is 16.9 Å². The van der Waals surface area contributed by atoms with Crippen molar-refractivity contribution in [1.29, 1.82) is 0 Å². The number of carbonyl (C=O) groups excluding carboxylic acids is 1. The van der Waals surface area contributed by atoms with Gasteiger partial charge in [-0.15, -0.1) is 5.10 Å². The monoisotopic (exact) mass is 487 g/mol. The lowest BCUT2D eigenvalue weighted by Gasteiger charge is -2.35. The van der Waals surface area contributed by atoms with E-state index >= 15 is 0 Å². The number of amides is 1. The molecular weight excluding hydrogens is 462 g/mol. The Balaban J connectivity index is 1.40. The van der Waals surface area contributed by atoms with E-state index in [1.165, 1.54) is 22.3 Å². The second kappa shape index (κ2) is 9.89. The third-order valence-electron chi connectivity index (χ3n) is 5.34. The maximum Gasteiger partial charge on any atom is 0.234 e. The van der Waals surface area contributed by atoms with Gasteiger partial charge in [0.05, 0.1) is 29.1 Å². The van der Waals surface area contributed by atoms with E-state index < -0.39 is 10.0 Å². The van der Waals surface area contributed by atoms with Crippen molar-refractivity contribution in [3.05, 3.63) is 54.1 Å². The predicted octanol–water partition coefficient (Wildman–Crippen LogP) is 1.78. The van der Waals surface area contributed by atoms with Gasteiger partial charge in [-0.3, -0.25) is 4.79 Å². The SMILES string of the molecule is Cc1ccccc1-n1nnnc1SCC(=O)Nc1ccccc1N1CCN(S(C)(=O)=O)CC1. The number of rotatable bonds is 7. The number of sulfonamides is 1. The fourth-order valence-electron chi connectivity index (χ4n) is 3.65. The molecule has 0 bridgehead atoms. The summed E-state index contributed by atoms with van der Waals surface area (Å²) in [6.45, 7) is 3.92. The van der Waals surface area contributed by atoms with Crippen LogP contribution in [0.3, 0.4) is 0 Å². The molecule has 1 amide bonds. The minimum absolute atomic E-state index is 0.141. The van der Waals surface area contributed by atoms with Crippen LogP contribution in [-0.2, 0) is 14.8 Å². The Morgan fingerprint density at radius 3 is 2.39 bits per heavy atom. The highest BCUT2D eigenvalue weighted by atomic mass is 32.2. The first-order valence-corrected chi connectivity index (χ1v) is 13.2. The first-order chi connectivity index (χ1) is 15.8. The first-order valence-electron chi connectivity index (χ1n) is 10.4. The van der Waals surface area contributed by atoms with Crippen LogP contribution < -0.4 is 10.2 Å². The highest BCUT2D eigenvalue weighted by molar-refractivity contribution is 7.99. The van der Waals surface area contributed by atoms with Crippen molar-refractivity contribution in [1.82, 2.24) is 24.5 Å². The topological polar surface area (TPSA) is 113 Å². The highest BCUT2D eigenvalue weighted by Gasteiger charge is 2.25. The average Bonchev–Trinajstić information content (AvgIpc) is 3.26. The van der Waals surface area contributed by atoms with Crippen molar-refractivity contribution >= 4 is 39.1 Å². The molecule has 4 rings (SSSR count). The van der Waals surface area contributed by atoms with Crippen LogP contribution in [0.15, 0.2) is 53.7 Å². The number of hydrogen-bond donors (Lipinski definition) is 1. The zero-order chi connectivity index (χ0) is 23.4. The summed E-state index contributed by atoms with van der Waals surface area (Å²) in [6, 6.07) is 15.3. The molecule has 0 spiro atoms. The first kappa shape index (κ1) is 23.2. The Morgan fingerprint density at radius 2 is 1.70 bits per heavy atom. The number of nitrogens with one attached hydrogen (secondary N) is 1. The van der Waals surface area contributed by atoms with Gasteiger partial charge in [0, 0.05) is 26.2 Å². The number of para-hydroxylation sites is 3. The molecule has 3 aromatic rings. The lowest BCUT2D eigenvalue weighted by Crippen LogP contribution is -2.48. The number of nitrogens with zero attached hydrogens (tertiary/aromatic N) is 6. The number of tetrazole rings is 1. The van der Waals surface area contributed by atoms with E-state index in [-0.39, 0.29) is 11.7 Å². The van der Waals surface area contributed by atoms with Gasteiger partial charge in [0.25, 0.3) is 0 Å². The van der Waals surface area contributed by atoms with Gasteiger partial charge in [-0.2, -0.15) is 8.99 Å². The lowest BCUT2D eigenvalue weighted by atomic mass is 10.2. The van der Waals surface area contributed by atoms with Crippen LogP contribution >= 0.6 is 11.8 Å². The van der Waals surface area contributed by atoms with Crippen LogP contribution in [0.5, 0.6) is 0 Å². The number of thioether (sulfide) groups is 1. The molecule has 1 saturated heterocycles. The molecule has 1 aliphatic rings. The van der Waals surface area contributed by atoms with Crippen LogP contribution in [0.4, 0.5) is 11.4 Å². The molecule has 2 heterocycles. The van der Waals surface area contributed by atoms with Crippen LogP contribution in [0.1, 0.15) is 5.56 Å². The smallest absolute Gasteiger partial charge is 0.234 e. The summed E-state index contributed by atoms with van der Waals surface area (Å²) < 4.78 is 26.7. The van der Waals surface area contributed by atoms with E-state index in [0.29, 0.717) is 37.0 Å². The number of aromatic nitrogens is 4. The molecule has 0 radical (unpaired) electrons. The van der Waals surface area contributed by atoms with E-state index in [9.17, 15) is 13.2 Å². The molecule has 12 heteroatoms. The quantitative estimate of drug-likeness (QED) is 0.502. The molecule has 10 nitrogen and oxygen atoms in total. The third-order valence-corrected chi connectivity index (χ3v) is 7.57. The molecule has 1 fully saturated rings. The van der Waals surface area contributed by atoms with E-state index in [4.69, 9.17) is 0 Å². The Labute approximate surface area is 197 Å². The number of piperazine rings is 1. The minimum Gasteiger partial charge on any atom is -0.367 e. The van der Waals surface area contributed by atoms with Crippen LogP contribution in [-0.4, -0.2) is 77.0 Å². The van der Waals surface area contributed by atoms with Crippen molar-refractivity contribution in [3.8, 4) is 5.69 Å². The fourth-order valence-corrected chi connectivity index (χ4v) is 5.16. The van der Waals surface area contributed by atoms with Gasteiger partial charge < -0.3 is 10.2 Å². The van der Waals surface area contributed by atoms with E-state index in [1.807, 2.05) is 55.5 Å². The predicted molar refractivity (Wildman–Crippen MR) is 128 cm³/mol. The summed E-state index contributed by atoms with van der Waals surface area (Å²) in [5, 5.41) is 15.4. The van der Waals surface area contributed by atoms with Gasteiger partial charge in [0.15, 0.2) is 0 Å². The van der Waals surface area contributed by atoms with Gasteiger partial charge >= 0.3 is 0 Å². The number of carbonyl (C=O) groups is 1. The van der Waals surface area contributed by atoms with Gasteiger partial charge in [-0.1, -0.05) is 42.1 Å². The summed E-state index contributed by atoms with van der Waals surface area (Å²) in [5.74, 6) is -0.0378. The zero-order valence-electron chi connectivity index (χ0n) is 18.4. The largest absolute Gasteiger partial charge is 0.367 e. The van der Waals surface area contributed by atoms with Crippen molar-refractivity contribution < 1.29 is 13.2 Å². The Hall–Kier alpha value is -2.96.